The molecule has 1 aromatic heterocycles. The van der Waals surface area contributed by atoms with Crippen LogP contribution in [-0.2, 0) is 13.1 Å². The van der Waals surface area contributed by atoms with Gasteiger partial charge in [-0.2, -0.15) is 0 Å². The van der Waals surface area contributed by atoms with Gasteiger partial charge in [-0.15, -0.1) is 0 Å². The average Bonchev–Trinajstić information content (AvgIpc) is 2.71. The van der Waals surface area contributed by atoms with E-state index in [4.69, 9.17) is 0 Å². The summed E-state index contributed by atoms with van der Waals surface area (Å²) in [5, 5.41) is 14.8. The van der Waals surface area contributed by atoms with Crippen molar-refractivity contribution in [2.24, 2.45) is 0 Å². The number of rotatable bonds is 5. The number of aromatic amines is 1. The van der Waals surface area contributed by atoms with Gasteiger partial charge in [-0.3, -0.25) is 4.79 Å². The summed E-state index contributed by atoms with van der Waals surface area (Å²) >= 11 is 0. The van der Waals surface area contributed by atoms with Crippen molar-refractivity contribution in [1.29, 1.82) is 0 Å². The van der Waals surface area contributed by atoms with Crippen LogP contribution in [0.1, 0.15) is 16.7 Å². The third-order valence-electron chi connectivity index (χ3n) is 5.07. The van der Waals surface area contributed by atoms with E-state index in [1.165, 1.54) is 16.7 Å². The van der Waals surface area contributed by atoms with Crippen molar-refractivity contribution in [1.82, 2.24) is 10.3 Å². The molecule has 0 aliphatic heterocycles. The van der Waals surface area contributed by atoms with Crippen LogP contribution in [-0.4, -0.2) is 10.1 Å². The Labute approximate surface area is 163 Å². The number of H-pyrrole nitrogens is 1. The minimum atomic E-state index is -0.202. The van der Waals surface area contributed by atoms with E-state index in [1.54, 1.807) is 24.4 Å². The number of benzene rings is 3. The summed E-state index contributed by atoms with van der Waals surface area (Å²) in [6, 6.07) is 21.5. The zero-order chi connectivity index (χ0) is 19.5. The summed E-state index contributed by atoms with van der Waals surface area (Å²) in [6.45, 7) is 3.72. The zero-order valence-corrected chi connectivity index (χ0v) is 15.7. The van der Waals surface area contributed by atoms with Crippen LogP contribution < -0.4 is 10.9 Å². The maximum Gasteiger partial charge on any atom is 0.255 e. The monoisotopic (exact) mass is 370 g/mol. The Hall–Kier alpha value is -3.37. The normalized spacial score (nSPS) is 11.0. The molecular formula is C24H22N2O2. The maximum absolute atomic E-state index is 12.1. The summed E-state index contributed by atoms with van der Waals surface area (Å²) in [4.78, 5) is 14.8. The van der Waals surface area contributed by atoms with Crippen molar-refractivity contribution < 1.29 is 5.11 Å². The van der Waals surface area contributed by atoms with Crippen LogP contribution in [0.15, 0.2) is 77.7 Å². The molecule has 0 bridgehead atoms. The van der Waals surface area contributed by atoms with E-state index < -0.39 is 0 Å². The second-order valence-corrected chi connectivity index (χ2v) is 6.96. The molecule has 0 saturated heterocycles. The smallest absolute Gasteiger partial charge is 0.255 e. The summed E-state index contributed by atoms with van der Waals surface area (Å²) in [5.41, 5.74) is 5.32. The van der Waals surface area contributed by atoms with Gasteiger partial charge in [0.2, 0.25) is 0 Å². The molecule has 140 valence electrons. The van der Waals surface area contributed by atoms with Crippen molar-refractivity contribution in [2.45, 2.75) is 20.0 Å². The lowest BCUT2D eigenvalue weighted by atomic mass is 9.99. The molecule has 4 aromatic rings. The molecule has 3 aromatic carbocycles. The largest absolute Gasteiger partial charge is 0.507 e. The fourth-order valence-electron chi connectivity index (χ4n) is 3.48. The van der Waals surface area contributed by atoms with Gasteiger partial charge in [0.1, 0.15) is 5.75 Å². The molecule has 28 heavy (non-hydrogen) atoms. The van der Waals surface area contributed by atoms with Crippen LogP contribution in [0.2, 0.25) is 0 Å². The van der Waals surface area contributed by atoms with Gasteiger partial charge in [0.25, 0.3) is 5.56 Å². The first-order chi connectivity index (χ1) is 13.6. The maximum atomic E-state index is 12.1. The first kappa shape index (κ1) is 18.0. The highest BCUT2D eigenvalue weighted by molar-refractivity contribution is 5.99. The molecule has 4 rings (SSSR count). The molecule has 0 fully saturated rings. The van der Waals surface area contributed by atoms with Gasteiger partial charge in [-0.25, -0.2) is 0 Å². The lowest BCUT2D eigenvalue weighted by Gasteiger charge is -2.10. The van der Waals surface area contributed by atoms with Crippen molar-refractivity contribution in [3.8, 4) is 16.9 Å². The predicted molar refractivity (Wildman–Crippen MR) is 113 cm³/mol. The van der Waals surface area contributed by atoms with Crippen LogP contribution in [0.3, 0.4) is 0 Å². The highest BCUT2D eigenvalue weighted by atomic mass is 16.3. The van der Waals surface area contributed by atoms with Crippen LogP contribution in [0, 0.1) is 6.92 Å². The van der Waals surface area contributed by atoms with Crippen LogP contribution in [0.5, 0.6) is 5.75 Å². The molecule has 1 heterocycles. The van der Waals surface area contributed by atoms with Gasteiger partial charge in [-0.1, -0.05) is 54.6 Å². The van der Waals surface area contributed by atoms with Crippen molar-refractivity contribution in [3.05, 3.63) is 100.0 Å². The van der Waals surface area contributed by atoms with Crippen LogP contribution in [0.25, 0.3) is 21.9 Å². The van der Waals surface area contributed by atoms with Crippen molar-refractivity contribution >= 4 is 10.8 Å². The molecular weight excluding hydrogens is 348 g/mol. The Morgan fingerprint density at radius 2 is 1.71 bits per heavy atom. The number of hydrogen-bond donors (Lipinski definition) is 3. The molecule has 0 aliphatic carbocycles. The van der Waals surface area contributed by atoms with E-state index in [1.807, 2.05) is 12.1 Å². The quantitative estimate of drug-likeness (QED) is 0.485. The van der Waals surface area contributed by atoms with Gasteiger partial charge in [0.05, 0.1) is 5.39 Å². The SMILES string of the molecule is Cc1ccccc1CNCc1ccc(-c2c[nH]c(=O)c3cccc(O)c23)cc1. The summed E-state index contributed by atoms with van der Waals surface area (Å²) in [7, 11) is 0. The van der Waals surface area contributed by atoms with E-state index in [-0.39, 0.29) is 11.3 Å². The molecule has 0 amide bonds. The van der Waals surface area contributed by atoms with Gasteiger partial charge in [0, 0.05) is 30.2 Å². The van der Waals surface area contributed by atoms with Gasteiger partial charge in [0.15, 0.2) is 0 Å². The summed E-state index contributed by atoms with van der Waals surface area (Å²) < 4.78 is 0. The Balaban J connectivity index is 1.54. The molecule has 0 aliphatic rings. The van der Waals surface area contributed by atoms with Crippen molar-refractivity contribution in [2.75, 3.05) is 0 Å². The summed E-state index contributed by atoms with van der Waals surface area (Å²) in [6.07, 6.45) is 1.66. The Kier molecular flexibility index (Phi) is 4.96. The molecule has 0 saturated carbocycles. The van der Waals surface area contributed by atoms with E-state index in [0.717, 1.165) is 24.2 Å². The number of aromatic hydroxyl groups is 1. The minimum absolute atomic E-state index is 0.113. The fraction of sp³-hybridized carbons (Fsp3) is 0.125. The molecule has 3 N–H and O–H groups in total. The van der Waals surface area contributed by atoms with Crippen LogP contribution in [0.4, 0.5) is 0 Å². The van der Waals surface area contributed by atoms with Gasteiger partial charge < -0.3 is 15.4 Å². The number of phenolic OH excluding ortho intramolecular Hbond substituents is 1. The number of pyridine rings is 1. The lowest BCUT2D eigenvalue weighted by molar-refractivity contribution is 0.481. The van der Waals surface area contributed by atoms with Gasteiger partial charge in [-0.05, 0) is 41.3 Å². The number of hydrogen-bond acceptors (Lipinski definition) is 3. The lowest BCUT2D eigenvalue weighted by Crippen LogP contribution is -2.13. The number of aryl methyl sites for hydroxylation is 1. The van der Waals surface area contributed by atoms with E-state index in [0.29, 0.717) is 10.8 Å². The molecule has 0 spiro atoms. The number of phenols is 1. The fourth-order valence-corrected chi connectivity index (χ4v) is 3.48. The first-order valence-corrected chi connectivity index (χ1v) is 9.31. The number of fused-ring (bicyclic) bond motifs is 1. The Morgan fingerprint density at radius 1 is 0.929 bits per heavy atom. The average molecular weight is 370 g/mol. The molecule has 0 unspecified atom stereocenters. The van der Waals surface area contributed by atoms with Crippen LogP contribution >= 0.6 is 0 Å². The van der Waals surface area contributed by atoms with Gasteiger partial charge >= 0.3 is 0 Å². The van der Waals surface area contributed by atoms with E-state index in [9.17, 15) is 9.90 Å². The minimum Gasteiger partial charge on any atom is -0.507 e. The first-order valence-electron chi connectivity index (χ1n) is 9.31. The van der Waals surface area contributed by atoms with E-state index in [2.05, 4.69) is 53.6 Å². The molecule has 0 atom stereocenters. The summed E-state index contributed by atoms with van der Waals surface area (Å²) in [5.74, 6) is 0.113. The highest BCUT2D eigenvalue weighted by Gasteiger charge is 2.10. The molecule has 0 radical (unpaired) electrons. The number of aromatic nitrogens is 1. The second kappa shape index (κ2) is 7.71. The standard InChI is InChI=1S/C24H22N2O2/c1-16-5-2-3-6-19(16)14-25-13-17-9-11-18(12-10-17)21-15-26-24(28)20-7-4-8-22(27)23(20)21/h2-12,15,25,27H,13-14H2,1H3,(H,26,28). The second-order valence-electron chi connectivity index (χ2n) is 6.96. The predicted octanol–water partition coefficient (Wildman–Crippen LogP) is 4.50. The molecule has 4 heteroatoms. The third-order valence-corrected chi connectivity index (χ3v) is 5.07. The third kappa shape index (κ3) is 3.55. The highest BCUT2D eigenvalue weighted by Crippen LogP contribution is 2.32. The molecule has 4 nitrogen and oxygen atoms in total. The van der Waals surface area contributed by atoms with Crippen molar-refractivity contribution in [3.63, 3.8) is 0 Å². The Morgan fingerprint density at radius 3 is 2.50 bits per heavy atom. The zero-order valence-electron chi connectivity index (χ0n) is 15.7. The topological polar surface area (TPSA) is 65.1 Å². The number of nitrogens with one attached hydrogen (secondary N) is 2. The van der Waals surface area contributed by atoms with E-state index >= 15 is 0 Å². The Bertz CT molecular complexity index is 1180.